The van der Waals surface area contributed by atoms with E-state index in [9.17, 15) is 4.39 Å². The van der Waals surface area contributed by atoms with Gasteiger partial charge in [-0.3, -0.25) is 4.98 Å². The minimum Gasteiger partial charge on any atom is -0.452 e. The summed E-state index contributed by atoms with van der Waals surface area (Å²) in [5.41, 5.74) is 7.18. The van der Waals surface area contributed by atoms with Gasteiger partial charge in [-0.25, -0.2) is 4.39 Å². The van der Waals surface area contributed by atoms with Crippen molar-refractivity contribution in [3.63, 3.8) is 0 Å². The predicted molar refractivity (Wildman–Crippen MR) is 80.8 cm³/mol. The third-order valence-electron chi connectivity index (χ3n) is 3.30. The second-order valence-corrected chi connectivity index (χ2v) is 4.91. The minimum atomic E-state index is -0.433. The van der Waals surface area contributed by atoms with E-state index < -0.39 is 5.82 Å². The van der Waals surface area contributed by atoms with E-state index in [4.69, 9.17) is 10.5 Å². The molecule has 1 aromatic heterocycles. The Bertz CT molecular complexity index is 781. The standard InChI is InChI=1S/C17H15FN2O/c1-11(19)13-7-8-15(14(18)10-13)21-16-6-2-4-12-5-3-9-20-17(12)16/h2-11H,19H2,1H3/t11-/m0/s1. The molecule has 3 rings (SSSR count). The first-order valence-corrected chi connectivity index (χ1v) is 6.72. The first-order chi connectivity index (χ1) is 10.1. The lowest BCUT2D eigenvalue weighted by molar-refractivity contribution is 0.444. The number of fused-ring (bicyclic) bond motifs is 1. The molecule has 2 N–H and O–H groups in total. The largest absolute Gasteiger partial charge is 0.452 e. The van der Waals surface area contributed by atoms with Crippen LogP contribution in [0.4, 0.5) is 4.39 Å². The van der Waals surface area contributed by atoms with Crippen LogP contribution in [0.15, 0.2) is 54.7 Å². The number of para-hydroxylation sites is 1. The van der Waals surface area contributed by atoms with Crippen LogP contribution in [0.2, 0.25) is 0 Å². The maximum atomic E-state index is 14.1. The van der Waals surface area contributed by atoms with Gasteiger partial charge in [-0.15, -0.1) is 0 Å². The highest BCUT2D eigenvalue weighted by Crippen LogP contribution is 2.30. The summed E-state index contributed by atoms with van der Waals surface area (Å²) >= 11 is 0. The zero-order valence-electron chi connectivity index (χ0n) is 11.6. The number of halogens is 1. The Morgan fingerprint density at radius 1 is 1.10 bits per heavy atom. The smallest absolute Gasteiger partial charge is 0.166 e. The van der Waals surface area contributed by atoms with Crippen molar-refractivity contribution in [1.82, 2.24) is 4.98 Å². The molecule has 3 nitrogen and oxygen atoms in total. The summed E-state index contributed by atoms with van der Waals surface area (Å²) in [7, 11) is 0. The molecular weight excluding hydrogens is 267 g/mol. The third-order valence-corrected chi connectivity index (χ3v) is 3.30. The van der Waals surface area contributed by atoms with Gasteiger partial charge in [-0.2, -0.15) is 0 Å². The Morgan fingerprint density at radius 2 is 1.90 bits per heavy atom. The topological polar surface area (TPSA) is 48.1 Å². The van der Waals surface area contributed by atoms with Gasteiger partial charge in [0.05, 0.1) is 0 Å². The van der Waals surface area contributed by atoms with Gasteiger partial charge in [-0.05, 0) is 36.8 Å². The number of hydrogen-bond donors (Lipinski definition) is 1. The van der Waals surface area contributed by atoms with Gasteiger partial charge in [0, 0.05) is 17.6 Å². The highest BCUT2D eigenvalue weighted by atomic mass is 19.1. The Balaban J connectivity index is 1.99. The van der Waals surface area contributed by atoms with Gasteiger partial charge in [0.15, 0.2) is 17.3 Å². The number of ether oxygens (including phenoxy) is 1. The van der Waals surface area contributed by atoms with Crippen LogP contribution in [0.25, 0.3) is 10.9 Å². The summed E-state index contributed by atoms with van der Waals surface area (Å²) < 4.78 is 19.8. The fraction of sp³-hybridized carbons (Fsp3) is 0.118. The molecule has 4 heteroatoms. The highest BCUT2D eigenvalue weighted by Gasteiger charge is 2.10. The van der Waals surface area contributed by atoms with E-state index in [1.807, 2.05) is 31.2 Å². The van der Waals surface area contributed by atoms with Gasteiger partial charge >= 0.3 is 0 Å². The molecule has 0 aliphatic rings. The fourth-order valence-electron chi connectivity index (χ4n) is 2.16. The summed E-state index contributed by atoms with van der Waals surface area (Å²) in [4.78, 5) is 4.29. The Kier molecular flexibility index (Phi) is 3.54. The second kappa shape index (κ2) is 5.50. The maximum absolute atomic E-state index is 14.1. The molecule has 0 unspecified atom stereocenters. The monoisotopic (exact) mass is 282 g/mol. The van der Waals surface area contributed by atoms with Crippen LogP contribution in [0, 0.1) is 5.82 Å². The third kappa shape index (κ3) is 2.71. The van der Waals surface area contributed by atoms with Crippen molar-refractivity contribution in [3.8, 4) is 11.5 Å². The molecule has 0 saturated heterocycles. The number of nitrogens with zero attached hydrogens (tertiary/aromatic N) is 1. The van der Waals surface area contributed by atoms with Crippen molar-refractivity contribution in [2.24, 2.45) is 5.73 Å². The molecule has 0 radical (unpaired) electrons. The molecule has 3 aromatic rings. The highest BCUT2D eigenvalue weighted by molar-refractivity contribution is 5.84. The van der Waals surface area contributed by atoms with Gasteiger partial charge in [0.2, 0.25) is 0 Å². The summed E-state index contributed by atoms with van der Waals surface area (Å²) in [6.45, 7) is 1.81. The van der Waals surface area contributed by atoms with Gasteiger partial charge < -0.3 is 10.5 Å². The molecular formula is C17H15FN2O. The van der Waals surface area contributed by atoms with Crippen LogP contribution in [0.3, 0.4) is 0 Å². The van der Waals surface area contributed by atoms with Crippen LogP contribution in [-0.2, 0) is 0 Å². The van der Waals surface area contributed by atoms with Crippen molar-refractivity contribution < 1.29 is 9.13 Å². The van der Waals surface area contributed by atoms with Crippen molar-refractivity contribution >= 4 is 10.9 Å². The van der Waals surface area contributed by atoms with Crippen LogP contribution in [0.5, 0.6) is 11.5 Å². The molecule has 0 aliphatic heterocycles. The molecule has 0 fully saturated rings. The van der Waals surface area contributed by atoms with Crippen molar-refractivity contribution in [1.29, 1.82) is 0 Å². The summed E-state index contributed by atoms with van der Waals surface area (Å²) in [5, 5.41) is 0.947. The quantitative estimate of drug-likeness (QED) is 0.783. The number of rotatable bonds is 3. The summed E-state index contributed by atoms with van der Waals surface area (Å²) in [6, 6.07) is 13.9. The van der Waals surface area contributed by atoms with Gasteiger partial charge in [-0.1, -0.05) is 24.3 Å². The molecule has 0 amide bonds. The molecule has 1 atom stereocenters. The minimum absolute atomic E-state index is 0.164. The van der Waals surface area contributed by atoms with E-state index in [0.29, 0.717) is 11.3 Å². The van der Waals surface area contributed by atoms with Crippen LogP contribution in [-0.4, -0.2) is 4.98 Å². The van der Waals surface area contributed by atoms with Crippen LogP contribution >= 0.6 is 0 Å². The average Bonchev–Trinajstić information content (AvgIpc) is 2.49. The van der Waals surface area contributed by atoms with Crippen LogP contribution < -0.4 is 10.5 Å². The molecule has 21 heavy (non-hydrogen) atoms. The van der Waals surface area contributed by atoms with E-state index in [1.54, 1.807) is 24.4 Å². The second-order valence-electron chi connectivity index (χ2n) is 4.91. The molecule has 2 aromatic carbocycles. The van der Waals surface area contributed by atoms with Gasteiger partial charge in [0.1, 0.15) is 5.52 Å². The number of pyridine rings is 1. The normalized spacial score (nSPS) is 12.3. The first kappa shape index (κ1) is 13.5. The number of benzene rings is 2. The molecule has 1 heterocycles. The number of aromatic nitrogens is 1. The summed E-state index contributed by atoms with van der Waals surface area (Å²) in [5.74, 6) is 0.260. The van der Waals surface area contributed by atoms with Crippen molar-refractivity contribution in [2.75, 3.05) is 0 Å². The Morgan fingerprint density at radius 3 is 2.67 bits per heavy atom. The Hall–Kier alpha value is -2.46. The molecule has 106 valence electrons. The first-order valence-electron chi connectivity index (χ1n) is 6.72. The summed E-state index contributed by atoms with van der Waals surface area (Å²) in [6.07, 6.45) is 1.69. The molecule has 0 saturated carbocycles. The van der Waals surface area contributed by atoms with E-state index in [-0.39, 0.29) is 11.8 Å². The lowest BCUT2D eigenvalue weighted by Gasteiger charge is -2.11. The molecule has 0 spiro atoms. The van der Waals surface area contributed by atoms with E-state index >= 15 is 0 Å². The number of hydrogen-bond acceptors (Lipinski definition) is 3. The van der Waals surface area contributed by atoms with Gasteiger partial charge in [0.25, 0.3) is 0 Å². The zero-order valence-corrected chi connectivity index (χ0v) is 11.6. The maximum Gasteiger partial charge on any atom is 0.166 e. The number of nitrogens with two attached hydrogens (primary N) is 1. The van der Waals surface area contributed by atoms with Crippen LogP contribution in [0.1, 0.15) is 18.5 Å². The lowest BCUT2D eigenvalue weighted by Crippen LogP contribution is -2.05. The fourth-order valence-corrected chi connectivity index (χ4v) is 2.16. The van der Waals surface area contributed by atoms with E-state index in [2.05, 4.69) is 4.98 Å². The SMILES string of the molecule is C[C@H](N)c1ccc(Oc2cccc3cccnc23)c(F)c1. The lowest BCUT2D eigenvalue weighted by atomic mass is 10.1. The molecule has 0 bridgehead atoms. The van der Waals surface area contributed by atoms with E-state index in [1.165, 1.54) is 6.07 Å². The predicted octanol–water partition coefficient (Wildman–Crippen LogP) is 4.19. The zero-order chi connectivity index (χ0) is 14.8. The average molecular weight is 282 g/mol. The Labute approximate surface area is 122 Å². The van der Waals surface area contributed by atoms with E-state index in [0.717, 1.165) is 10.9 Å². The molecule has 0 aliphatic carbocycles. The van der Waals surface area contributed by atoms with Crippen molar-refractivity contribution in [2.45, 2.75) is 13.0 Å². The van der Waals surface area contributed by atoms with Crippen molar-refractivity contribution in [3.05, 3.63) is 66.1 Å².